The number of hydrogen-bond donors (Lipinski definition) is 1. The minimum atomic E-state index is -3.62. The van der Waals surface area contributed by atoms with Crippen LogP contribution in [-0.4, -0.2) is 25.1 Å². The van der Waals surface area contributed by atoms with Crippen LogP contribution in [-0.2, 0) is 20.4 Å². The van der Waals surface area contributed by atoms with Crippen molar-refractivity contribution in [3.63, 3.8) is 0 Å². The molecular weight excluding hydrogens is 392 g/mol. The minimum absolute atomic E-state index is 0.254. The first-order chi connectivity index (χ1) is 13.2. The smallest absolute Gasteiger partial charge is 0.239 e. The van der Waals surface area contributed by atoms with E-state index in [-0.39, 0.29) is 5.75 Å². The average molecular weight is 415 g/mol. The van der Waals surface area contributed by atoms with Gasteiger partial charge in [0.1, 0.15) is 10.8 Å². The summed E-state index contributed by atoms with van der Waals surface area (Å²) in [6, 6.07) is 13.5. The Morgan fingerprint density at radius 1 is 1.07 bits per heavy atom. The molecule has 0 spiro atoms. The van der Waals surface area contributed by atoms with Gasteiger partial charge in [0, 0.05) is 16.6 Å². The molecule has 0 atom stereocenters. The average Bonchev–Trinajstić information content (AvgIpc) is 3.06. The van der Waals surface area contributed by atoms with Crippen molar-refractivity contribution in [3.05, 3.63) is 70.2 Å². The fourth-order valence-corrected chi connectivity index (χ4v) is 5.22. The maximum Gasteiger partial charge on any atom is 0.239 e. The third-order valence-corrected chi connectivity index (χ3v) is 6.61. The number of anilines is 1. The van der Waals surface area contributed by atoms with Crippen molar-refractivity contribution in [2.24, 2.45) is 0 Å². The summed E-state index contributed by atoms with van der Waals surface area (Å²) in [6.45, 7) is 5.77. The standard InChI is InChI=1S/C21H22N2O3S2/c1-14-9-15(2)20(16(3)10-14)23-19(24)13-28(25,26)12-18-11-27-21(22-18)17-7-5-4-6-8-17/h4-11H,12-13H2,1-3H3,(H,23,24). The lowest BCUT2D eigenvalue weighted by Crippen LogP contribution is -2.24. The van der Waals surface area contributed by atoms with Gasteiger partial charge in [-0.25, -0.2) is 13.4 Å². The molecule has 146 valence electrons. The third-order valence-electron chi connectivity index (χ3n) is 4.23. The molecule has 1 aromatic heterocycles. The number of amides is 1. The summed E-state index contributed by atoms with van der Waals surface area (Å²) in [5.41, 5.74) is 4.99. The van der Waals surface area contributed by atoms with Gasteiger partial charge in [-0.05, 0) is 31.9 Å². The molecule has 3 aromatic rings. The quantitative estimate of drug-likeness (QED) is 0.653. The molecule has 0 saturated carbocycles. The van der Waals surface area contributed by atoms with Crippen LogP contribution in [0.1, 0.15) is 22.4 Å². The van der Waals surface area contributed by atoms with Gasteiger partial charge in [0.25, 0.3) is 0 Å². The molecule has 5 nitrogen and oxygen atoms in total. The maximum atomic E-state index is 12.5. The van der Waals surface area contributed by atoms with E-state index >= 15 is 0 Å². The number of thiazole rings is 1. The lowest BCUT2D eigenvalue weighted by atomic mass is 10.1. The number of sulfone groups is 1. The highest BCUT2D eigenvalue weighted by Gasteiger charge is 2.20. The van der Waals surface area contributed by atoms with Crippen LogP contribution in [0.2, 0.25) is 0 Å². The molecular formula is C21H22N2O3S2. The fraction of sp³-hybridized carbons (Fsp3) is 0.238. The van der Waals surface area contributed by atoms with Crippen molar-refractivity contribution in [1.29, 1.82) is 0 Å². The molecule has 3 rings (SSSR count). The molecule has 0 unspecified atom stereocenters. The number of benzene rings is 2. The van der Waals surface area contributed by atoms with Crippen LogP contribution in [0, 0.1) is 20.8 Å². The topological polar surface area (TPSA) is 76.1 Å². The zero-order valence-corrected chi connectivity index (χ0v) is 17.7. The van der Waals surface area contributed by atoms with Gasteiger partial charge in [-0.15, -0.1) is 11.3 Å². The Balaban J connectivity index is 1.67. The van der Waals surface area contributed by atoms with Gasteiger partial charge in [-0.2, -0.15) is 0 Å². The summed E-state index contributed by atoms with van der Waals surface area (Å²) >= 11 is 1.39. The first-order valence-corrected chi connectivity index (χ1v) is 11.5. The summed E-state index contributed by atoms with van der Waals surface area (Å²) in [7, 11) is -3.62. The zero-order valence-electron chi connectivity index (χ0n) is 16.0. The van der Waals surface area contributed by atoms with E-state index in [2.05, 4.69) is 10.3 Å². The van der Waals surface area contributed by atoms with E-state index < -0.39 is 21.5 Å². The lowest BCUT2D eigenvalue weighted by Gasteiger charge is -2.13. The van der Waals surface area contributed by atoms with Crippen LogP contribution >= 0.6 is 11.3 Å². The van der Waals surface area contributed by atoms with Crippen LogP contribution < -0.4 is 5.32 Å². The zero-order chi connectivity index (χ0) is 20.3. The third kappa shape index (κ3) is 5.05. The highest BCUT2D eigenvalue weighted by molar-refractivity contribution is 7.91. The molecule has 1 amide bonds. The Hall–Kier alpha value is -2.51. The van der Waals surface area contributed by atoms with E-state index in [9.17, 15) is 13.2 Å². The SMILES string of the molecule is Cc1cc(C)c(NC(=O)CS(=O)(=O)Cc2csc(-c3ccccc3)n2)c(C)c1. The van der Waals surface area contributed by atoms with Crippen molar-refractivity contribution in [1.82, 2.24) is 4.98 Å². The van der Waals surface area contributed by atoms with Gasteiger partial charge >= 0.3 is 0 Å². The predicted octanol–water partition coefficient (Wildman–Crippen LogP) is 4.29. The largest absolute Gasteiger partial charge is 0.325 e. The Morgan fingerprint density at radius 3 is 2.36 bits per heavy atom. The molecule has 0 fully saturated rings. The monoisotopic (exact) mass is 414 g/mol. The van der Waals surface area contributed by atoms with Gasteiger partial charge in [-0.3, -0.25) is 4.79 Å². The van der Waals surface area contributed by atoms with E-state index in [0.29, 0.717) is 11.4 Å². The highest BCUT2D eigenvalue weighted by Crippen LogP contribution is 2.25. The van der Waals surface area contributed by atoms with Gasteiger partial charge in [0.05, 0.1) is 11.4 Å². The number of hydrogen-bond acceptors (Lipinski definition) is 5. The second-order valence-corrected chi connectivity index (χ2v) is 9.79. The van der Waals surface area contributed by atoms with Gasteiger partial charge in [-0.1, -0.05) is 48.0 Å². The number of nitrogens with zero attached hydrogens (tertiary/aromatic N) is 1. The molecule has 0 aliphatic carbocycles. The summed E-state index contributed by atoms with van der Waals surface area (Å²) in [4.78, 5) is 16.7. The molecule has 28 heavy (non-hydrogen) atoms. The summed E-state index contributed by atoms with van der Waals surface area (Å²) in [5, 5.41) is 5.24. The fourth-order valence-electron chi connectivity index (χ4n) is 3.12. The van der Waals surface area contributed by atoms with Crippen LogP contribution in [0.4, 0.5) is 5.69 Å². The Kier molecular flexibility index (Phi) is 5.96. The van der Waals surface area contributed by atoms with Crippen molar-refractivity contribution >= 4 is 32.8 Å². The van der Waals surface area contributed by atoms with E-state index in [1.54, 1.807) is 5.38 Å². The van der Waals surface area contributed by atoms with Crippen molar-refractivity contribution in [2.75, 3.05) is 11.1 Å². The van der Waals surface area contributed by atoms with E-state index in [1.165, 1.54) is 11.3 Å². The van der Waals surface area contributed by atoms with Gasteiger partial charge in [0.2, 0.25) is 5.91 Å². The normalized spacial score (nSPS) is 11.4. The maximum absolute atomic E-state index is 12.5. The number of rotatable bonds is 6. The van der Waals surface area contributed by atoms with Crippen molar-refractivity contribution < 1.29 is 13.2 Å². The predicted molar refractivity (Wildman–Crippen MR) is 114 cm³/mol. The molecule has 0 aliphatic heterocycles. The molecule has 7 heteroatoms. The Labute approximate surface area is 169 Å². The van der Waals surface area contributed by atoms with Crippen molar-refractivity contribution in [2.45, 2.75) is 26.5 Å². The summed E-state index contributed by atoms with van der Waals surface area (Å²) in [6.07, 6.45) is 0. The summed E-state index contributed by atoms with van der Waals surface area (Å²) in [5.74, 6) is -1.36. The number of nitrogens with one attached hydrogen (secondary N) is 1. The van der Waals surface area contributed by atoms with E-state index in [4.69, 9.17) is 0 Å². The first-order valence-electron chi connectivity index (χ1n) is 8.81. The van der Waals surface area contributed by atoms with Crippen LogP contribution in [0.5, 0.6) is 0 Å². The Bertz CT molecular complexity index is 1080. The number of carbonyl (C=O) groups is 1. The van der Waals surface area contributed by atoms with Crippen molar-refractivity contribution in [3.8, 4) is 10.6 Å². The number of aryl methyl sites for hydroxylation is 3. The van der Waals surface area contributed by atoms with Crippen LogP contribution in [0.25, 0.3) is 10.6 Å². The molecule has 0 bridgehead atoms. The Morgan fingerprint density at radius 2 is 1.71 bits per heavy atom. The number of aromatic nitrogens is 1. The van der Waals surface area contributed by atoms with Gasteiger partial charge < -0.3 is 5.32 Å². The van der Waals surface area contributed by atoms with E-state index in [0.717, 1.165) is 27.3 Å². The summed E-state index contributed by atoms with van der Waals surface area (Å²) < 4.78 is 24.9. The molecule has 0 saturated heterocycles. The molecule has 2 aromatic carbocycles. The second-order valence-electron chi connectivity index (χ2n) is 6.86. The van der Waals surface area contributed by atoms with Gasteiger partial charge in [0.15, 0.2) is 9.84 Å². The minimum Gasteiger partial charge on any atom is -0.325 e. The number of carbonyl (C=O) groups excluding carboxylic acids is 1. The lowest BCUT2D eigenvalue weighted by molar-refractivity contribution is -0.113. The van der Waals surface area contributed by atoms with Crippen LogP contribution in [0.15, 0.2) is 47.8 Å². The molecule has 1 heterocycles. The van der Waals surface area contributed by atoms with Crippen LogP contribution in [0.3, 0.4) is 0 Å². The molecule has 0 aliphatic rings. The highest BCUT2D eigenvalue weighted by atomic mass is 32.2. The molecule has 0 radical (unpaired) electrons. The van der Waals surface area contributed by atoms with E-state index in [1.807, 2.05) is 63.2 Å². The first kappa shape index (κ1) is 20.2. The molecule has 1 N–H and O–H groups in total. The second kappa shape index (κ2) is 8.24.